The third-order valence-electron chi connectivity index (χ3n) is 5.22. The molecule has 34 heavy (non-hydrogen) atoms. The molecular weight excluding hydrogens is 426 g/mol. The van der Waals surface area contributed by atoms with Crippen LogP contribution in [0.2, 0.25) is 0 Å². The number of hydrogen-bond acceptors (Lipinski definition) is 5. The van der Waals surface area contributed by atoms with Gasteiger partial charge >= 0.3 is 5.97 Å². The van der Waals surface area contributed by atoms with Crippen LogP contribution in [0.4, 0.5) is 0 Å². The number of nitrogens with zero attached hydrogens (tertiary/aromatic N) is 1. The summed E-state index contributed by atoms with van der Waals surface area (Å²) in [6, 6.07) is 22.6. The van der Waals surface area contributed by atoms with Crippen LogP contribution in [0.5, 0.6) is 17.2 Å². The maximum absolute atomic E-state index is 12.3. The first-order valence-corrected chi connectivity index (χ1v) is 10.9. The molecule has 0 spiro atoms. The van der Waals surface area contributed by atoms with Crippen LogP contribution in [-0.4, -0.2) is 20.2 Å². The molecule has 0 aliphatic carbocycles. The zero-order chi connectivity index (χ0) is 24.5. The standard InChI is InChI=1S/C29H27NO4/c1-20(2)23-11-8-21(9-12-23)10-15-29(31)34-26-7-5-6-22(17-26)16-25(19-30)24-13-14-27(32-3)28(18-24)33-4/h5-18,20H,1-4H3/b15-10+,25-16-. The Morgan fingerprint density at radius 3 is 2.29 bits per heavy atom. The number of methoxy groups -OCH3 is 2. The predicted molar refractivity (Wildman–Crippen MR) is 135 cm³/mol. The van der Waals surface area contributed by atoms with Gasteiger partial charge in [0.15, 0.2) is 11.5 Å². The van der Waals surface area contributed by atoms with E-state index in [4.69, 9.17) is 14.2 Å². The van der Waals surface area contributed by atoms with E-state index >= 15 is 0 Å². The van der Waals surface area contributed by atoms with Crippen molar-refractivity contribution in [2.75, 3.05) is 14.2 Å². The Labute approximate surface area is 200 Å². The van der Waals surface area contributed by atoms with Gasteiger partial charge in [-0.1, -0.05) is 50.2 Å². The van der Waals surface area contributed by atoms with Gasteiger partial charge in [0.05, 0.1) is 25.9 Å². The molecule has 0 bridgehead atoms. The minimum absolute atomic E-state index is 0.392. The molecule has 0 amide bonds. The van der Waals surface area contributed by atoms with Gasteiger partial charge in [-0.25, -0.2) is 4.79 Å². The van der Waals surface area contributed by atoms with Crippen molar-refractivity contribution in [3.63, 3.8) is 0 Å². The number of carbonyl (C=O) groups excluding carboxylic acids is 1. The van der Waals surface area contributed by atoms with Crippen molar-refractivity contribution < 1.29 is 19.0 Å². The number of carbonyl (C=O) groups is 1. The summed E-state index contributed by atoms with van der Waals surface area (Å²) in [6.07, 6.45) is 4.85. The van der Waals surface area contributed by atoms with E-state index in [1.807, 2.05) is 18.2 Å². The molecular formula is C29H27NO4. The molecule has 0 fully saturated rings. The molecule has 0 aliphatic rings. The van der Waals surface area contributed by atoms with Gasteiger partial charge in [-0.05, 0) is 70.7 Å². The Balaban J connectivity index is 1.74. The summed E-state index contributed by atoms with van der Waals surface area (Å²) in [7, 11) is 3.10. The van der Waals surface area contributed by atoms with E-state index < -0.39 is 5.97 Å². The Morgan fingerprint density at radius 1 is 0.912 bits per heavy atom. The van der Waals surface area contributed by atoms with Gasteiger partial charge in [-0.3, -0.25) is 0 Å². The Morgan fingerprint density at radius 2 is 1.65 bits per heavy atom. The molecule has 5 heteroatoms. The second-order valence-corrected chi connectivity index (χ2v) is 7.89. The summed E-state index contributed by atoms with van der Waals surface area (Å²) in [4.78, 5) is 12.3. The number of rotatable bonds is 8. The lowest BCUT2D eigenvalue weighted by molar-refractivity contribution is -0.128. The topological polar surface area (TPSA) is 68.5 Å². The first kappa shape index (κ1) is 24.3. The highest BCUT2D eigenvalue weighted by molar-refractivity contribution is 5.91. The van der Waals surface area contributed by atoms with Gasteiger partial charge in [-0.2, -0.15) is 5.26 Å². The highest BCUT2D eigenvalue weighted by atomic mass is 16.5. The molecule has 172 valence electrons. The van der Waals surface area contributed by atoms with Crippen LogP contribution in [0.25, 0.3) is 17.7 Å². The molecule has 0 saturated carbocycles. The molecule has 3 rings (SSSR count). The van der Waals surface area contributed by atoms with Crippen molar-refractivity contribution in [1.82, 2.24) is 0 Å². The molecule has 5 nitrogen and oxygen atoms in total. The molecule has 0 unspecified atom stereocenters. The fourth-order valence-corrected chi connectivity index (χ4v) is 3.32. The van der Waals surface area contributed by atoms with Gasteiger partial charge in [0.1, 0.15) is 5.75 Å². The SMILES string of the molecule is COc1ccc(/C(C#N)=C\c2cccc(OC(=O)/C=C/c3ccc(C(C)C)cc3)c2)cc1OC. The van der Waals surface area contributed by atoms with Gasteiger partial charge in [-0.15, -0.1) is 0 Å². The highest BCUT2D eigenvalue weighted by Gasteiger charge is 2.09. The lowest BCUT2D eigenvalue weighted by Crippen LogP contribution is -2.03. The number of nitriles is 1. The number of esters is 1. The molecule has 0 heterocycles. The predicted octanol–water partition coefficient (Wildman–Crippen LogP) is 6.51. The second kappa shape index (κ2) is 11.5. The summed E-state index contributed by atoms with van der Waals surface area (Å²) in [5.41, 5.74) is 4.02. The fraction of sp³-hybridized carbons (Fsp3) is 0.172. The van der Waals surface area contributed by atoms with Crippen molar-refractivity contribution in [2.24, 2.45) is 0 Å². The van der Waals surface area contributed by atoms with Crippen LogP contribution < -0.4 is 14.2 Å². The van der Waals surface area contributed by atoms with Crippen LogP contribution in [0.15, 0.2) is 72.8 Å². The number of hydrogen-bond donors (Lipinski definition) is 0. The molecule has 0 N–H and O–H groups in total. The van der Waals surface area contributed by atoms with Crippen LogP contribution in [0.1, 0.15) is 42.0 Å². The quantitative estimate of drug-likeness (QED) is 0.128. The second-order valence-electron chi connectivity index (χ2n) is 7.89. The van der Waals surface area contributed by atoms with Crippen molar-refractivity contribution in [3.8, 4) is 23.3 Å². The van der Waals surface area contributed by atoms with Gasteiger partial charge in [0, 0.05) is 6.08 Å². The van der Waals surface area contributed by atoms with Gasteiger partial charge in [0.25, 0.3) is 0 Å². The maximum Gasteiger partial charge on any atom is 0.336 e. The molecule has 0 aromatic heterocycles. The average Bonchev–Trinajstić information content (AvgIpc) is 2.86. The van der Waals surface area contributed by atoms with Crippen LogP contribution >= 0.6 is 0 Å². The summed E-state index contributed by atoms with van der Waals surface area (Å²) in [5, 5.41) is 9.69. The number of benzene rings is 3. The zero-order valence-electron chi connectivity index (χ0n) is 19.7. The van der Waals surface area contributed by atoms with E-state index in [1.165, 1.54) is 11.6 Å². The van der Waals surface area contributed by atoms with Crippen molar-refractivity contribution in [2.45, 2.75) is 19.8 Å². The molecule has 0 aliphatic heterocycles. The van der Waals surface area contributed by atoms with E-state index in [0.29, 0.717) is 34.3 Å². The summed E-state index contributed by atoms with van der Waals surface area (Å²) in [5.74, 6) is 1.49. The number of ether oxygens (including phenoxy) is 3. The largest absolute Gasteiger partial charge is 0.493 e. The maximum atomic E-state index is 12.3. The summed E-state index contributed by atoms with van der Waals surface area (Å²) >= 11 is 0. The lowest BCUT2D eigenvalue weighted by Gasteiger charge is -2.09. The third kappa shape index (κ3) is 6.36. The van der Waals surface area contributed by atoms with E-state index in [2.05, 4.69) is 32.0 Å². The van der Waals surface area contributed by atoms with E-state index in [1.54, 1.807) is 62.8 Å². The van der Waals surface area contributed by atoms with Crippen molar-refractivity contribution >= 4 is 23.7 Å². The molecule has 3 aromatic carbocycles. The van der Waals surface area contributed by atoms with Gasteiger partial charge < -0.3 is 14.2 Å². The van der Waals surface area contributed by atoms with E-state index in [-0.39, 0.29) is 0 Å². The third-order valence-corrected chi connectivity index (χ3v) is 5.22. The summed E-state index contributed by atoms with van der Waals surface area (Å²) in [6.45, 7) is 4.28. The minimum atomic E-state index is -0.477. The minimum Gasteiger partial charge on any atom is -0.493 e. The van der Waals surface area contributed by atoms with Crippen LogP contribution in [0.3, 0.4) is 0 Å². The van der Waals surface area contributed by atoms with Crippen LogP contribution in [0, 0.1) is 11.3 Å². The highest BCUT2D eigenvalue weighted by Crippen LogP contribution is 2.31. The molecule has 0 saturated heterocycles. The Bertz CT molecular complexity index is 1250. The first-order chi connectivity index (χ1) is 16.4. The molecule has 0 radical (unpaired) electrons. The zero-order valence-corrected chi connectivity index (χ0v) is 19.7. The monoisotopic (exact) mass is 453 g/mol. The number of allylic oxidation sites excluding steroid dienone is 1. The molecule has 3 aromatic rings. The first-order valence-electron chi connectivity index (χ1n) is 10.9. The smallest absolute Gasteiger partial charge is 0.336 e. The Kier molecular flexibility index (Phi) is 8.26. The van der Waals surface area contributed by atoms with E-state index in [0.717, 1.165) is 11.1 Å². The fourth-order valence-electron chi connectivity index (χ4n) is 3.32. The molecule has 0 atom stereocenters. The average molecular weight is 454 g/mol. The van der Waals surface area contributed by atoms with Gasteiger partial charge in [0.2, 0.25) is 0 Å². The van der Waals surface area contributed by atoms with Crippen molar-refractivity contribution in [1.29, 1.82) is 5.26 Å². The Hall–Kier alpha value is -4.30. The van der Waals surface area contributed by atoms with Crippen molar-refractivity contribution in [3.05, 3.63) is 95.1 Å². The summed E-state index contributed by atoms with van der Waals surface area (Å²) < 4.78 is 16.0. The lowest BCUT2D eigenvalue weighted by atomic mass is 10.0. The normalized spacial score (nSPS) is 11.4. The van der Waals surface area contributed by atoms with E-state index in [9.17, 15) is 10.1 Å². The van der Waals surface area contributed by atoms with Crippen LogP contribution in [-0.2, 0) is 4.79 Å².